The molecule has 0 aromatic heterocycles. The molecule has 3 aromatic carbocycles. The van der Waals surface area contributed by atoms with Crippen molar-refractivity contribution in [1.82, 2.24) is 5.32 Å². The third-order valence-corrected chi connectivity index (χ3v) is 7.49. The molecule has 0 saturated carbocycles. The molecule has 1 atom stereocenters. The first kappa shape index (κ1) is 25.1. The monoisotopic (exact) mass is 506 g/mol. The van der Waals surface area contributed by atoms with E-state index in [1.807, 2.05) is 12.1 Å². The van der Waals surface area contributed by atoms with Gasteiger partial charge < -0.3 is 15.4 Å². The highest BCUT2D eigenvalue weighted by Crippen LogP contribution is 2.29. The predicted octanol–water partition coefficient (Wildman–Crippen LogP) is 6.00. The molecule has 0 saturated heterocycles. The molecule has 3 aromatic rings. The van der Waals surface area contributed by atoms with Crippen LogP contribution in [-0.4, -0.2) is 21.6 Å². The molecule has 174 valence electrons. The summed E-state index contributed by atoms with van der Waals surface area (Å²) in [6.07, 6.45) is 0. The summed E-state index contributed by atoms with van der Waals surface area (Å²) in [5.41, 5.74) is 2.81. The number of rotatable bonds is 8. The Bertz CT molecular complexity index is 1210. The second kappa shape index (κ2) is 11.0. The Kier molecular flexibility index (Phi) is 8.37. The number of carbonyl (C=O) groups excluding carboxylic acids is 1. The Hall–Kier alpha value is -2.58. The normalized spacial score (nSPS) is 12.2. The maximum absolute atomic E-state index is 12.8. The molecule has 0 fully saturated rings. The smallest absolute Gasteiger partial charge is 0.319 e. The van der Waals surface area contributed by atoms with Gasteiger partial charge in [-0.1, -0.05) is 59.6 Å². The van der Waals surface area contributed by atoms with Gasteiger partial charge >= 0.3 is 6.03 Å². The van der Waals surface area contributed by atoms with E-state index in [1.54, 1.807) is 56.5 Å². The zero-order valence-electron chi connectivity index (χ0n) is 18.1. The van der Waals surface area contributed by atoms with Crippen molar-refractivity contribution in [3.63, 3.8) is 0 Å². The Labute approximate surface area is 203 Å². The van der Waals surface area contributed by atoms with Crippen molar-refractivity contribution in [3.8, 4) is 0 Å². The lowest BCUT2D eigenvalue weighted by Gasteiger charge is -2.17. The molecule has 0 heterocycles. The fourth-order valence-corrected chi connectivity index (χ4v) is 5.06. The van der Waals surface area contributed by atoms with Crippen LogP contribution >= 0.6 is 23.2 Å². The minimum Gasteiger partial charge on any atom is -0.380 e. The largest absolute Gasteiger partial charge is 0.380 e. The van der Waals surface area contributed by atoms with Crippen molar-refractivity contribution < 1.29 is 17.9 Å². The van der Waals surface area contributed by atoms with Crippen LogP contribution in [0.3, 0.4) is 0 Å². The van der Waals surface area contributed by atoms with E-state index in [2.05, 4.69) is 10.6 Å². The lowest BCUT2D eigenvalue weighted by atomic mass is 10.1. The van der Waals surface area contributed by atoms with Crippen LogP contribution in [0.2, 0.25) is 10.0 Å². The van der Waals surface area contributed by atoms with Crippen molar-refractivity contribution in [2.75, 3.05) is 12.4 Å². The number of nitrogens with one attached hydrogen (secondary N) is 2. The first-order valence-corrected chi connectivity index (χ1v) is 12.5. The van der Waals surface area contributed by atoms with Crippen LogP contribution in [0.1, 0.15) is 29.7 Å². The Balaban J connectivity index is 1.61. The van der Waals surface area contributed by atoms with Gasteiger partial charge in [-0.2, -0.15) is 0 Å². The predicted molar refractivity (Wildman–Crippen MR) is 132 cm³/mol. The van der Waals surface area contributed by atoms with E-state index in [9.17, 15) is 13.2 Å². The number of amides is 2. The van der Waals surface area contributed by atoms with Gasteiger partial charge in [-0.05, 0) is 53.9 Å². The van der Waals surface area contributed by atoms with Crippen LogP contribution in [0.5, 0.6) is 0 Å². The SMILES string of the molecule is COCc1ccc(CS(=O)(=O)c2ccc(NC(=O)N[C@@H](C)c3cccc(Cl)c3Cl)cc2)cc1. The molecule has 0 spiro atoms. The van der Waals surface area contributed by atoms with Gasteiger partial charge in [0.05, 0.1) is 33.3 Å². The average Bonchev–Trinajstić information content (AvgIpc) is 2.77. The molecule has 0 aliphatic rings. The van der Waals surface area contributed by atoms with E-state index in [0.29, 0.717) is 33.5 Å². The number of hydrogen-bond donors (Lipinski definition) is 2. The van der Waals surface area contributed by atoms with E-state index >= 15 is 0 Å². The molecular weight excluding hydrogens is 483 g/mol. The maximum atomic E-state index is 12.8. The van der Waals surface area contributed by atoms with Gasteiger partial charge in [0.25, 0.3) is 0 Å². The van der Waals surface area contributed by atoms with Crippen LogP contribution in [0.15, 0.2) is 71.6 Å². The lowest BCUT2D eigenvalue weighted by molar-refractivity contribution is 0.185. The summed E-state index contributed by atoms with van der Waals surface area (Å²) in [5, 5.41) is 6.27. The molecular formula is C24H24Cl2N2O4S. The second-order valence-electron chi connectivity index (χ2n) is 7.50. The number of benzene rings is 3. The molecule has 9 heteroatoms. The summed E-state index contributed by atoms with van der Waals surface area (Å²) in [6.45, 7) is 2.26. The van der Waals surface area contributed by atoms with Crippen LogP contribution in [-0.2, 0) is 26.9 Å². The van der Waals surface area contributed by atoms with Gasteiger partial charge in [-0.3, -0.25) is 0 Å². The van der Waals surface area contributed by atoms with E-state index in [4.69, 9.17) is 27.9 Å². The molecule has 6 nitrogen and oxygen atoms in total. The van der Waals surface area contributed by atoms with E-state index < -0.39 is 15.9 Å². The highest BCUT2D eigenvalue weighted by Gasteiger charge is 2.17. The second-order valence-corrected chi connectivity index (χ2v) is 10.3. The van der Waals surface area contributed by atoms with Crippen molar-refractivity contribution >= 4 is 44.8 Å². The standard InChI is InChI=1S/C24H24Cl2N2O4S/c1-16(21-4-3-5-22(25)23(21)26)27-24(29)28-19-10-12-20(13-11-19)33(30,31)15-18-8-6-17(7-9-18)14-32-2/h3-13,16H,14-15H2,1-2H3,(H2,27,28,29)/t16-/m0/s1. The Morgan fingerprint density at radius 1 is 0.970 bits per heavy atom. The van der Waals surface area contributed by atoms with Gasteiger partial charge in [0.2, 0.25) is 0 Å². The minimum absolute atomic E-state index is 0.120. The third-order valence-electron chi connectivity index (χ3n) is 4.96. The van der Waals surface area contributed by atoms with Crippen LogP contribution in [0.4, 0.5) is 10.5 Å². The summed E-state index contributed by atoms with van der Waals surface area (Å²) in [7, 11) is -1.93. The van der Waals surface area contributed by atoms with Crippen molar-refractivity contribution in [2.24, 2.45) is 0 Å². The topological polar surface area (TPSA) is 84.5 Å². The van der Waals surface area contributed by atoms with Crippen molar-refractivity contribution in [3.05, 3.63) is 93.5 Å². The van der Waals surface area contributed by atoms with Crippen LogP contribution in [0, 0.1) is 0 Å². The number of methoxy groups -OCH3 is 1. The summed E-state index contributed by atoms with van der Waals surface area (Å²) < 4.78 is 30.6. The number of ether oxygens (including phenoxy) is 1. The molecule has 0 aliphatic heterocycles. The zero-order valence-corrected chi connectivity index (χ0v) is 20.5. The summed E-state index contributed by atoms with van der Waals surface area (Å²) in [5.74, 6) is -0.120. The number of sulfone groups is 1. The zero-order chi connectivity index (χ0) is 24.0. The minimum atomic E-state index is -3.53. The molecule has 3 rings (SSSR count). The van der Waals surface area contributed by atoms with E-state index in [0.717, 1.165) is 5.56 Å². The van der Waals surface area contributed by atoms with Gasteiger partial charge in [-0.25, -0.2) is 13.2 Å². The van der Waals surface area contributed by atoms with E-state index in [1.165, 1.54) is 12.1 Å². The number of carbonyl (C=O) groups is 1. The fraction of sp³-hybridized carbons (Fsp3) is 0.208. The van der Waals surface area contributed by atoms with Gasteiger partial charge in [0.15, 0.2) is 9.84 Å². The van der Waals surface area contributed by atoms with Crippen molar-refractivity contribution in [2.45, 2.75) is 30.2 Å². The average molecular weight is 507 g/mol. The lowest BCUT2D eigenvalue weighted by Crippen LogP contribution is -2.31. The number of hydrogen-bond acceptors (Lipinski definition) is 4. The molecule has 33 heavy (non-hydrogen) atoms. The van der Waals surface area contributed by atoms with Crippen molar-refractivity contribution in [1.29, 1.82) is 0 Å². The molecule has 0 radical (unpaired) electrons. The first-order chi connectivity index (χ1) is 15.7. The van der Waals surface area contributed by atoms with Gasteiger partial charge in [-0.15, -0.1) is 0 Å². The van der Waals surface area contributed by atoms with E-state index in [-0.39, 0.29) is 16.7 Å². The van der Waals surface area contributed by atoms with Gasteiger partial charge in [0, 0.05) is 12.8 Å². The molecule has 2 N–H and O–H groups in total. The highest BCUT2D eigenvalue weighted by atomic mass is 35.5. The fourth-order valence-electron chi connectivity index (χ4n) is 3.24. The Morgan fingerprint density at radius 2 is 1.61 bits per heavy atom. The number of urea groups is 1. The van der Waals surface area contributed by atoms with Crippen LogP contribution in [0.25, 0.3) is 0 Å². The highest BCUT2D eigenvalue weighted by molar-refractivity contribution is 7.90. The molecule has 0 bridgehead atoms. The first-order valence-electron chi connectivity index (χ1n) is 10.1. The molecule has 2 amide bonds. The number of anilines is 1. The number of halogens is 2. The summed E-state index contributed by atoms with van der Waals surface area (Å²) >= 11 is 12.2. The van der Waals surface area contributed by atoms with Gasteiger partial charge in [0.1, 0.15) is 0 Å². The third kappa shape index (κ3) is 6.71. The molecule has 0 aliphatic carbocycles. The maximum Gasteiger partial charge on any atom is 0.319 e. The summed E-state index contributed by atoms with van der Waals surface area (Å²) in [6, 6.07) is 17.7. The molecule has 0 unspecified atom stereocenters. The Morgan fingerprint density at radius 3 is 2.24 bits per heavy atom. The quantitative estimate of drug-likeness (QED) is 0.392. The summed E-state index contributed by atoms with van der Waals surface area (Å²) in [4.78, 5) is 12.5. The van der Waals surface area contributed by atoms with Crippen LogP contribution < -0.4 is 10.6 Å².